The number of carboxylic acids is 1. The molecule has 132 valence electrons. The molecule has 1 aliphatic heterocycles. The number of benzene rings is 2. The summed E-state index contributed by atoms with van der Waals surface area (Å²) < 4.78 is 0. The fourth-order valence-corrected chi connectivity index (χ4v) is 3.71. The zero-order valence-corrected chi connectivity index (χ0v) is 14.7. The lowest BCUT2D eigenvalue weighted by atomic mass is 9.98. The Hall–Kier alpha value is -2.17. The molecule has 0 saturated carbocycles. The molecule has 2 aromatic rings. The largest absolute Gasteiger partial charge is 0.481 e. The van der Waals surface area contributed by atoms with Crippen LogP contribution in [-0.2, 0) is 17.9 Å². The topological polar surface area (TPSA) is 43.8 Å². The minimum absolute atomic E-state index is 0.0233. The number of carbonyl (C=O) groups is 1. The third-order valence-corrected chi connectivity index (χ3v) is 5.12. The molecule has 1 saturated heterocycles. The third-order valence-electron chi connectivity index (χ3n) is 5.12. The lowest BCUT2D eigenvalue weighted by molar-refractivity contribution is -0.140. The Kier molecular flexibility index (Phi) is 5.84. The van der Waals surface area contributed by atoms with Gasteiger partial charge in [-0.2, -0.15) is 0 Å². The lowest BCUT2D eigenvalue weighted by Crippen LogP contribution is -2.58. The van der Waals surface area contributed by atoms with E-state index in [0.717, 1.165) is 26.2 Å². The van der Waals surface area contributed by atoms with Crippen LogP contribution in [0.15, 0.2) is 60.7 Å². The summed E-state index contributed by atoms with van der Waals surface area (Å²) in [5.74, 6) is -0.725. The second kappa shape index (κ2) is 8.28. The Morgan fingerprint density at radius 1 is 0.920 bits per heavy atom. The molecule has 1 heterocycles. The zero-order chi connectivity index (χ0) is 17.6. The fraction of sp³-hybridized carbons (Fsp3) is 0.381. The first-order chi connectivity index (χ1) is 12.1. The van der Waals surface area contributed by atoms with Gasteiger partial charge in [0.05, 0.1) is 6.42 Å². The number of piperazine rings is 1. The Bertz CT molecular complexity index is 675. The Labute approximate surface area is 149 Å². The lowest BCUT2D eigenvalue weighted by Gasteiger charge is -2.46. The number of hydrogen-bond donors (Lipinski definition) is 1. The summed E-state index contributed by atoms with van der Waals surface area (Å²) in [6.07, 6.45) is 0.180. The smallest absolute Gasteiger partial charge is 0.304 e. The minimum Gasteiger partial charge on any atom is -0.481 e. The predicted molar refractivity (Wildman–Crippen MR) is 99.2 cm³/mol. The monoisotopic (exact) mass is 338 g/mol. The van der Waals surface area contributed by atoms with Crippen molar-refractivity contribution in [1.82, 2.24) is 9.80 Å². The highest BCUT2D eigenvalue weighted by Gasteiger charge is 2.34. The molecule has 0 spiro atoms. The van der Waals surface area contributed by atoms with Crippen molar-refractivity contribution in [1.29, 1.82) is 0 Å². The van der Waals surface area contributed by atoms with Crippen LogP contribution in [0.3, 0.4) is 0 Å². The summed E-state index contributed by atoms with van der Waals surface area (Å²) >= 11 is 0. The van der Waals surface area contributed by atoms with Gasteiger partial charge in [-0.1, -0.05) is 60.7 Å². The summed E-state index contributed by atoms with van der Waals surface area (Å²) in [7, 11) is 0. The summed E-state index contributed by atoms with van der Waals surface area (Å²) in [5, 5.41) is 9.40. The number of hydrogen-bond acceptors (Lipinski definition) is 3. The van der Waals surface area contributed by atoms with E-state index >= 15 is 0 Å². The average Bonchev–Trinajstić information content (AvgIpc) is 2.62. The number of rotatable bonds is 6. The zero-order valence-electron chi connectivity index (χ0n) is 14.7. The van der Waals surface area contributed by atoms with Gasteiger partial charge >= 0.3 is 5.97 Å². The molecule has 2 atom stereocenters. The molecule has 1 aliphatic rings. The molecular weight excluding hydrogens is 312 g/mol. The third kappa shape index (κ3) is 4.68. The molecule has 0 aliphatic carbocycles. The van der Waals surface area contributed by atoms with Gasteiger partial charge in [0.1, 0.15) is 0 Å². The molecule has 2 aromatic carbocycles. The average molecular weight is 338 g/mol. The molecule has 0 unspecified atom stereocenters. The highest BCUT2D eigenvalue weighted by molar-refractivity contribution is 5.67. The fourth-order valence-electron chi connectivity index (χ4n) is 3.71. The molecule has 1 fully saturated rings. The van der Waals surface area contributed by atoms with E-state index < -0.39 is 5.97 Å². The van der Waals surface area contributed by atoms with Crippen molar-refractivity contribution in [3.63, 3.8) is 0 Å². The summed E-state index contributed by atoms with van der Waals surface area (Å²) in [4.78, 5) is 16.2. The highest BCUT2D eigenvalue weighted by Crippen LogP contribution is 2.24. The first-order valence-electron chi connectivity index (χ1n) is 8.91. The van der Waals surface area contributed by atoms with Crippen molar-refractivity contribution in [3.05, 3.63) is 71.8 Å². The van der Waals surface area contributed by atoms with E-state index in [1.54, 1.807) is 0 Å². The standard InChI is InChI=1S/C21H26N2O2/c1-17-20(14-21(24)25)23(16-19-10-6-3-7-11-19)13-12-22(17)15-18-8-4-2-5-9-18/h2-11,17,20H,12-16H2,1H3,(H,24,25)/t17-,20+/m0/s1. The van der Waals surface area contributed by atoms with Crippen LogP contribution in [0.5, 0.6) is 0 Å². The van der Waals surface area contributed by atoms with Crippen LogP contribution in [0.2, 0.25) is 0 Å². The molecule has 0 aromatic heterocycles. The molecule has 1 N–H and O–H groups in total. The molecule has 0 radical (unpaired) electrons. The van der Waals surface area contributed by atoms with Gasteiger partial charge in [0.2, 0.25) is 0 Å². The first-order valence-corrected chi connectivity index (χ1v) is 8.91. The SMILES string of the molecule is C[C@H]1[C@@H](CC(=O)O)N(Cc2ccccc2)CCN1Cc1ccccc1. The van der Waals surface area contributed by atoms with E-state index in [9.17, 15) is 9.90 Å². The van der Waals surface area contributed by atoms with Crippen molar-refractivity contribution in [2.45, 2.75) is 38.5 Å². The van der Waals surface area contributed by atoms with E-state index in [2.05, 4.69) is 53.1 Å². The van der Waals surface area contributed by atoms with Crippen molar-refractivity contribution in [2.24, 2.45) is 0 Å². The maximum Gasteiger partial charge on any atom is 0.304 e. The predicted octanol–water partition coefficient (Wildman–Crippen LogP) is 3.24. The van der Waals surface area contributed by atoms with Crippen LogP contribution in [0.25, 0.3) is 0 Å². The Morgan fingerprint density at radius 2 is 1.40 bits per heavy atom. The van der Waals surface area contributed by atoms with Crippen LogP contribution in [-0.4, -0.2) is 46.0 Å². The number of carboxylic acid groups (broad SMARTS) is 1. The molecule has 25 heavy (non-hydrogen) atoms. The first kappa shape index (κ1) is 17.6. The van der Waals surface area contributed by atoms with Gasteiger partial charge in [0.15, 0.2) is 0 Å². The Morgan fingerprint density at radius 3 is 1.92 bits per heavy atom. The van der Waals surface area contributed by atoms with Crippen LogP contribution < -0.4 is 0 Å². The molecule has 4 heteroatoms. The normalized spacial score (nSPS) is 22.0. The Balaban J connectivity index is 1.72. The van der Waals surface area contributed by atoms with E-state index in [1.165, 1.54) is 11.1 Å². The summed E-state index contributed by atoms with van der Waals surface area (Å²) in [6, 6.07) is 20.9. The van der Waals surface area contributed by atoms with Gasteiger partial charge < -0.3 is 5.11 Å². The molecule has 4 nitrogen and oxygen atoms in total. The van der Waals surface area contributed by atoms with E-state index in [4.69, 9.17) is 0 Å². The second-order valence-electron chi connectivity index (χ2n) is 6.82. The van der Waals surface area contributed by atoms with Crippen molar-refractivity contribution < 1.29 is 9.90 Å². The molecule has 0 bridgehead atoms. The van der Waals surface area contributed by atoms with Gasteiger partial charge in [-0.15, -0.1) is 0 Å². The van der Waals surface area contributed by atoms with Gasteiger partial charge in [-0.25, -0.2) is 0 Å². The number of nitrogens with zero attached hydrogens (tertiary/aromatic N) is 2. The van der Waals surface area contributed by atoms with E-state index in [-0.39, 0.29) is 18.5 Å². The van der Waals surface area contributed by atoms with Crippen molar-refractivity contribution in [3.8, 4) is 0 Å². The molecule has 3 rings (SSSR count). The maximum atomic E-state index is 11.4. The van der Waals surface area contributed by atoms with E-state index in [0.29, 0.717) is 0 Å². The minimum atomic E-state index is -0.725. The quantitative estimate of drug-likeness (QED) is 0.878. The molecule has 0 amide bonds. The van der Waals surface area contributed by atoms with Crippen LogP contribution >= 0.6 is 0 Å². The maximum absolute atomic E-state index is 11.4. The highest BCUT2D eigenvalue weighted by atomic mass is 16.4. The second-order valence-corrected chi connectivity index (χ2v) is 6.82. The molecular formula is C21H26N2O2. The van der Waals surface area contributed by atoms with Crippen molar-refractivity contribution >= 4 is 5.97 Å². The number of aliphatic carboxylic acids is 1. The van der Waals surface area contributed by atoms with Gasteiger partial charge in [-0.3, -0.25) is 14.6 Å². The summed E-state index contributed by atoms with van der Waals surface area (Å²) in [5.41, 5.74) is 2.52. The van der Waals surface area contributed by atoms with Crippen LogP contribution in [0.4, 0.5) is 0 Å². The van der Waals surface area contributed by atoms with Crippen LogP contribution in [0.1, 0.15) is 24.5 Å². The van der Waals surface area contributed by atoms with Gasteiger partial charge in [0.25, 0.3) is 0 Å². The summed E-state index contributed by atoms with van der Waals surface area (Å²) in [6.45, 7) is 5.69. The van der Waals surface area contributed by atoms with Gasteiger partial charge in [0, 0.05) is 38.3 Å². The van der Waals surface area contributed by atoms with E-state index in [1.807, 2.05) is 24.3 Å². The van der Waals surface area contributed by atoms with Crippen LogP contribution in [0, 0.1) is 0 Å². The van der Waals surface area contributed by atoms with Gasteiger partial charge in [-0.05, 0) is 18.1 Å². The van der Waals surface area contributed by atoms with Crippen molar-refractivity contribution in [2.75, 3.05) is 13.1 Å².